The van der Waals surface area contributed by atoms with E-state index in [0.717, 1.165) is 32.1 Å². The minimum Gasteiger partial charge on any atom is -0.481 e. The van der Waals surface area contributed by atoms with Crippen LogP contribution in [0.2, 0.25) is 0 Å². The van der Waals surface area contributed by atoms with Gasteiger partial charge in [-0.05, 0) is 12.8 Å². The Kier molecular flexibility index (Phi) is 11.5. The fraction of sp³-hybridized carbons (Fsp3) is 0.929. The van der Waals surface area contributed by atoms with Crippen LogP contribution in [0.1, 0.15) is 71.1 Å². The summed E-state index contributed by atoms with van der Waals surface area (Å²) in [6.07, 6.45) is 10.7. The summed E-state index contributed by atoms with van der Waals surface area (Å²) >= 11 is 0. The average Bonchev–Trinajstić information content (AvgIpc) is 2.31. The first kappa shape index (κ1) is 16.4. The number of aliphatic carboxylic acids is 1. The lowest BCUT2D eigenvalue weighted by Gasteiger charge is -2.05. The van der Waals surface area contributed by atoms with Gasteiger partial charge in [-0.2, -0.15) is 0 Å². The molecule has 1 atom stereocenters. The molecule has 0 aliphatic carbocycles. The zero-order valence-corrected chi connectivity index (χ0v) is 11.1. The molecule has 0 aromatic heterocycles. The van der Waals surface area contributed by atoms with Gasteiger partial charge in [-0.15, -0.1) is 0 Å². The first-order valence-corrected chi connectivity index (χ1v) is 6.97. The number of carbonyl (C=O) groups is 1. The molecule has 0 radical (unpaired) electrons. The number of hydrogen-bond donors (Lipinski definition) is 1. The Hall–Kier alpha value is -0.600. The minimum absolute atomic E-state index is 0.179. The van der Waals surface area contributed by atoms with E-state index in [0.29, 0.717) is 6.42 Å². The van der Waals surface area contributed by atoms with Crippen molar-refractivity contribution in [3.8, 4) is 0 Å². The number of hydrogen-bond acceptors (Lipinski definition) is 1. The quantitative estimate of drug-likeness (QED) is 0.512. The maximum absolute atomic E-state index is 11.8. The number of halogens is 1. The van der Waals surface area contributed by atoms with Crippen molar-refractivity contribution in [2.24, 2.45) is 5.92 Å². The third kappa shape index (κ3) is 11.7. The van der Waals surface area contributed by atoms with Crippen molar-refractivity contribution in [2.75, 3.05) is 6.67 Å². The van der Waals surface area contributed by atoms with Gasteiger partial charge in [0.05, 0.1) is 12.6 Å². The van der Waals surface area contributed by atoms with Crippen molar-refractivity contribution in [3.05, 3.63) is 0 Å². The van der Waals surface area contributed by atoms with E-state index in [2.05, 4.69) is 0 Å². The monoisotopic (exact) mass is 246 g/mol. The number of alkyl halides is 1. The Morgan fingerprint density at radius 3 is 1.76 bits per heavy atom. The van der Waals surface area contributed by atoms with Crippen molar-refractivity contribution in [2.45, 2.75) is 71.1 Å². The lowest BCUT2D eigenvalue weighted by molar-refractivity contribution is -0.141. The number of unbranched alkanes of at least 4 members (excludes halogenated alkanes) is 8. The van der Waals surface area contributed by atoms with Gasteiger partial charge < -0.3 is 5.11 Å². The van der Waals surface area contributed by atoms with E-state index >= 15 is 0 Å². The van der Waals surface area contributed by atoms with E-state index in [1.165, 1.54) is 25.7 Å². The molecule has 0 aliphatic heterocycles. The van der Waals surface area contributed by atoms with Crippen LogP contribution in [0, 0.1) is 5.92 Å². The van der Waals surface area contributed by atoms with Gasteiger partial charge in [0.2, 0.25) is 0 Å². The molecule has 0 heterocycles. The highest BCUT2D eigenvalue weighted by molar-refractivity contribution is 5.69. The van der Waals surface area contributed by atoms with Gasteiger partial charge in [0.15, 0.2) is 0 Å². The Bertz CT molecular complexity index is 183. The molecule has 0 amide bonds. The van der Waals surface area contributed by atoms with Crippen LogP contribution in [-0.4, -0.2) is 17.8 Å². The van der Waals surface area contributed by atoms with Crippen LogP contribution in [0.3, 0.4) is 0 Å². The van der Waals surface area contributed by atoms with E-state index in [1.807, 2.05) is 0 Å². The van der Waals surface area contributed by atoms with Gasteiger partial charge in [-0.25, -0.2) is 0 Å². The molecule has 0 rings (SSSR count). The summed E-state index contributed by atoms with van der Waals surface area (Å²) in [5, 5.41) is 8.70. The minimum atomic E-state index is -0.683. The summed E-state index contributed by atoms with van der Waals surface area (Å²) in [6.45, 7) is 1.59. The van der Waals surface area contributed by atoms with Gasteiger partial charge in [-0.1, -0.05) is 58.3 Å². The standard InChI is InChI=1S/C14H27FO2/c1-13(14(16)17)11-9-7-5-3-2-4-6-8-10-12-15/h13H,2-12H2,1H3,(H,16,17). The molecule has 0 aliphatic rings. The number of carboxylic acids is 1. The second kappa shape index (κ2) is 11.9. The molecule has 0 saturated carbocycles. The topological polar surface area (TPSA) is 37.3 Å². The maximum atomic E-state index is 11.8. The van der Waals surface area contributed by atoms with E-state index in [9.17, 15) is 9.18 Å². The molecular weight excluding hydrogens is 219 g/mol. The molecule has 3 heteroatoms. The SMILES string of the molecule is CC(CCCCCCCCCCCF)C(=O)O. The van der Waals surface area contributed by atoms with Crippen LogP contribution < -0.4 is 0 Å². The van der Waals surface area contributed by atoms with Gasteiger partial charge in [-0.3, -0.25) is 9.18 Å². The third-order valence-electron chi connectivity index (χ3n) is 3.19. The highest BCUT2D eigenvalue weighted by Crippen LogP contribution is 2.13. The molecule has 102 valence electrons. The molecule has 17 heavy (non-hydrogen) atoms. The lowest BCUT2D eigenvalue weighted by Crippen LogP contribution is -2.08. The molecule has 0 aromatic rings. The average molecular weight is 246 g/mol. The molecule has 2 nitrogen and oxygen atoms in total. The van der Waals surface area contributed by atoms with Gasteiger partial charge in [0.1, 0.15) is 0 Å². The van der Waals surface area contributed by atoms with Crippen molar-refractivity contribution >= 4 is 5.97 Å². The van der Waals surface area contributed by atoms with Crippen LogP contribution >= 0.6 is 0 Å². The summed E-state index contributed by atoms with van der Waals surface area (Å²) < 4.78 is 11.8. The summed E-state index contributed by atoms with van der Waals surface area (Å²) in [5.41, 5.74) is 0. The summed E-state index contributed by atoms with van der Waals surface area (Å²) in [5.74, 6) is -0.881. The molecule has 0 aromatic carbocycles. The first-order chi connectivity index (χ1) is 8.18. The Labute approximate surface area is 105 Å². The molecular formula is C14H27FO2. The normalized spacial score (nSPS) is 12.6. The molecule has 0 fully saturated rings. The zero-order valence-electron chi connectivity index (χ0n) is 11.1. The molecule has 0 spiro atoms. The first-order valence-electron chi connectivity index (χ1n) is 6.97. The van der Waals surface area contributed by atoms with E-state index in [-0.39, 0.29) is 12.6 Å². The van der Waals surface area contributed by atoms with Crippen LogP contribution in [0.25, 0.3) is 0 Å². The van der Waals surface area contributed by atoms with E-state index in [4.69, 9.17) is 5.11 Å². The second-order valence-electron chi connectivity index (χ2n) is 4.90. The van der Waals surface area contributed by atoms with Crippen molar-refractivity contribution in [3.63, 3.8) is 0 Å². The lowest BCUT2D eigenvalue weighted by atomic mass is 10.0. The molecule has 1 unspecified atom stereocenters. The smallest absolute Gasteiger partial charge is 0.306 e. The predicted molar refractivity (Wildman–Crippen MR) is 68.9 cm³/mol. The summed E-state index contributed by atoms with van der Waals surface area (Å²) in [4.78, 5) is 10.6. The zero-order chi connectivity index (χ0) is 12.9. The Morgan fingerprint density at radius 1 is 0.941 bits per heavy atom. The predicted octanol–water partition coefficient (Wildman–Crippen LogP) is 4.58. The Balaban J connectivity index is 3.06. The van der Waals surface area contributed by atoms with E-state index in [1.54, 1.807) is 6.92 Å². The molecule has 0 bridgehead atoms. The fourth-order valence-corrected chi connectivity index (χ4v) is 1.91. The largest absolute Gasteiger partial charge is 0.481 e. The molecule has 1 N–H and O–H groups in total. The van der Waals surface area contributed by atoms with E-state index < -0.39 is 5.97 Å². The van der Waals surface area contributed by atoms with Gasteiger partial charge in [0.25, 0.3) is 0 Å². The number of carboxylic acid groups (broad SMARTS) is 1. The molecule has 0 saturated heterocycles. The Morgan fingerprint density at radius 2 is 1.35 bits per heavy atom. The summed E-state index contributed by atoms with van der Waals surface area (Å²) in [7, 11) is 0. The van der Waals surface area contributed by atoms with Crippen LogP contribution in [0.4, 0.5) is 4.39 Å². The van der Waals surface area contributed by atoms with Crippen molar-refractivity contribution in [1.82, 2.24) is 0 Å². The van der Waals surface area contributed by atoms with Crippen LogP contribution in [0.5, 0.6) is 0 Å². The fourth-order valence-electron chi connectivity index (χ4n) is 1.91. The van der Waals surface area contributed by atoms with Crippen molar-refractivity contribution < 1.29 is 14.3 Å². The maximum Gasteiger partial charge on any atom is 0.306 e. The second-order valence-corrected chi connectivity index (χ2v) is 4.90. The number of rotatable bonds is 12. The van der Waals surface area contributed by atoms with Gasteiger partial charge in [0, 0.05) is 0 Å². The summed E-state index contributed by atoms with van der Waals surface area (Å²) in [6, 6.07) is 0. The van der Waals surface area contributed by atoms with Crippen LogP contribution in [-0.2, 0) is 4.79 Å². The van der Waals surface area contributed by atoms with Crippen LogP contribution in [0.15, 0.2) is 0 Å². The highest BCUT2D eigenvalue weighted by atomic mass is 19.1. The van der Waals surface area contributed by atoms with Gasteiger partial charge >= 0.3 is 5.97 Å². The third-order valence-corrected chi connectivity index (χ3v) is 3.19. The highest BCUT2D eigenvalue weighted by Gasteiger charge is 2.09. The van der Waals surface area contributed by atoms with Crippen molar-refractivity contribution in [1.29, 1.82) is 0 Å².